The van der Waals surface area contributed by atoms with Crippen LogP contribution in [0.25, 0.3) is 0 Å². The van der Waals surface area contributed by atoms with Gasteiger partial charge in [-0.05, 0) is 24.1 Å². The fourth-order valence-corrected chi connectivity index (χ4v) is 2.34. The van der Waals surface area contributed by atoms with Gasteiger partial charge in [0.05, 0.1) is 12.6 Å². The van der Waals surface area contributed by atoms with Crippen LogP contribution in [-0.4, -0.2) is 27.8 Å². The van der Waals surface area contributed by atoms with Crippen LogP contribution in [0.15, 0.2) is 54.9 Å². The lowest BCUT2D eigenvalue weighted by molar-refractivity contribution is -0.695. The van der Waals surface area contributed by atoms with Crippen LogP contribution >= 0.6 is 0 Å². The van der Waals surface area contributed by atoms with E-state index in [1.54, 1.807) is 12.4 Å². The number of hydrogen-bond donors (Lipinski definition) is 3. The van der Waals surface area contributed by atoms with Crippen LogP contribution in [0.4, 0.5) is 0 Å². The van der Waals surface area contributed by atoms with E-state index in [4.69, 9.17) is 0 Å². The molecule has 0 aliphatic carbocycles. The lowest BCUT2D eigenvalue weighted by Crippen LogP contribution is -3.00. The molecule has 2 rings (SSSR count). The topological polar surface area (TPSA) is 70.0 Å². The van der Waals surface area contributed by atoms with E-state index in [1.165, 1.54) is 0 Å². The third-order valence-corrected chi connectivity index (χ3v) is 3.69. The molecule has 22 heavy (non-hydrogen) atoms. The summed E-state index contributed by atoms with van der Waals surface area (Å²) in [6.07, 6.45) is 3.02. The Morgan fingerprint density at radius 2 is 1.73 bits per heavy atom. The molecule has 0 spiro atoms. The molecule has 1 aromatic carbocycles. The average molecular weight is 323 g/mol. The van der Waals surface area contributed by atoms with Gasteiger partial charge in [-0.3, -0.25) is 4.98 Å². The number of pyridine rings is 1. The molecule has 0 saturated carbocycles. The summed E-state index contributed by atoms with van der Waals surface area (Å²) >= 11 is 0. The van der Waals surface area contributed by atoms with Gasteiger partial charge >= 0.3 is 0 Å². The van der Waals surface area contributed by atoms with Crippen LogP contribution in [0.3, 0.4) is 0 Å². The Hall–Kier alpha value is -1.46. The zero-order chi connectivity index (χ0) is 15.1. The molecule has 0 saturated heterocycles. The average Bonchev–Trinajstić information content (AvgIpc) is 2.55. The first-order valence-electron chi connectivity index (χ1n) is 7.33. The summed E-state index contributed by atoms with van der Waals surface area (Å²) in [5.41, 5.74) is 1.76. The highest BCUT2D eigenvalue weighted by atomic mass is 35.5. The van der Waals surface area contributed by atoms with E-state index in [2.05, 4.69) is 10.3 Å². The quantitative estimate of drug-likeness (QED) is 0.563. The van der Waals surface area contributed by atoms with Crippen LogP contribution in [0.2, 0.25) is 0 Å². The van der Waals surface area contributed by atoms with E-state index in [1.807, 2.05) is 49.4 Å². The van der Waals surface area contributed by atoms with Gasteiger partial charge in [0.25, 0.3) is 0 Å². The summed E-state index contributed by atoms with van der Waals surface area (Å²) in [5.74, 6) is 0. The van der Waals surface area contributed by atoms with Gasteiger partial charge in [0.2, 0.25) is 0 Å². The van der Waals surface area contributed by atoms with Gasteiger partial charge in [-0.2, -0.15) is 0 Å². The molecule has 4 N–H and O–H groups in total. The van der Waals surface area contributed by atoms with Gasteiger partial charge in [-0.25, -0.2) is 0 Å². The van der Waals surface area contributed by atoms with Gasteiger partial charge in [0, 0.05) is 18.8 Å². The molecule has 3 unspecified atom stereocenters. The second-order valence-corrected chi connectivity index (χ2v) is 5.33. The molecule has 0 fully saturated rings. The minimum absolute atomic E-state index is 0. The van der Waals surface area contributed by atoms with Crippen LogP contribution in [-0.2, 0) is 0 Å². The van der Waals surface area contributed by atoms with Crippen molar-refractivity contribution >= 4 is 0 Å². The van der Waals surface area contributed by atoms with Crippen LogP contribution in [0.5, 0.6) is 0 Å². The Balaban J connectivity index is 0.00000242. The van der Waals surface area contributed by atoms with Gasteiger partial charge in [-0.1, -0.05) is 36.4 Å². The Morgan fingerprint density at radius 3 is 2.36 bits per heavy atom. The third-order valence-electron chi connectivity index (χ3n) is 3.69. The number of hydrogen-bond acceptors (Lipinski definition) is 3. The molecular formula is C17H23ClN2O2. The molecule has 1 aromatic heterocycles. The highest BCUT2D eigenvalue weighted by Crippen LogP contribution is 2.15. The number of halogens is 1. The predicted molar refractivity (Wildman–Crippen MR) is 81.5 cm³/mol. The van der Waals surface area contributed by atoms with Gasteiger partial charge in [-0.15, -0.1) is 0 Å². The Bertz CT molecular complexity index is 525. The zero-order valence-electron chi connectivity index (χ0n) is 12.6. The molecule has 4 nitrogen and oxygen atoms in total. The van der Waals surface area contributed by atoms with Crippen molar-refractivity contribution in [1.82, 2.24) is 4.98 Å². The first-order valence-corrected chi connectivity index (χ1v) is 7.33. The fourth-order valence-electron chi connectivity index (χ4n) is 2.34. The van der Waals surface area contributed by atoms with E-state index in [9.17, 15) is 10.2 Å². The molecular weight excluding hydrogens is 300 g/mol. The van der Waals surface area contributed by atoms with E-state index >= 15 is 0 Å². The van der Waals surface area contributed by atoms with Crippen molar-refractivity contribution in [3.05, 3.63) is 66.0 Å². The Kier molecular flexibility index (Phi) is 8.06. The molecule has 2 aromatic rings. The minimum atomic E-state index is -0.504. The molecule has 120 valence electrons. The second kappa shape index (κ2) is 9.54. The van der Waals surface area contributed by atoms with Gasteiger partial charge < -0.3 is 27.9 Å². The van der Waals surface area contributed by atoms with Gasteiger partial charge in [0.15, 0.2) is 0 Å². The zero-order valence-corrected chi connectivity index (χ0v) is 13.4. The van der Waals surface area contributed by atoms with E-state index in [0.717, 1.165) is 17.7 Å². The standard InChI is InChI=1S/C17H22N2O2.ClH/c1-13(17(21)14-6-3-2-4-7-14)19-11-9-16(20)15-8-5-10-18-12-15;/h2-8,10,12-13,16-17,19-21H,9,11H2,1H3;1H. The maximum atomic E-state index is 10.3. The summed E-state index contributed by atoms with van der Waals surface area (Å²) in [6, 6.07) is 13.4. The fraction of sp³-hybridized carbons (Fsp3) is 0.353. The molecule has 5 heteroatoms. The highest BCUT2D eigenvalue weighted by molar-refractivity contribution is 5.17. The molecule has 0 radical (unpaired) electrons. The third kappa shape index (κ3) is 5.39. The Labute approximate surface area is 137 Å². The van der Waals surface area contributed by atoms with E-state index in [-0.39, 0.29) is 18.4 Å². The molecule has 0 amide bonds. The summed E-state index contributed by atoms with van der Waals surface area (Å²) in [7, 11) is 0. The Morgan fingerprint density at radius 1 is 1.05 bits per heavy atom. The van der Waals surface area contributed by atoms with Crippen molar-refractivity contribution in [3.8, 4) is 0 Å². The normalized spacial score (nSPS) is 14.7. The summed E-state index contributed by atoms with van der Waals surface area (Å²) in [5, 5.41) is 22.4. The number of rotatable bonds is 7. The first kappa shape index (κ1) is 18.6. The lowest BCUT2D eigenvalue weighted by atomic mass is 10.0. The number of benzene rings is 1. The number of nitrogens with two attached hydrogens (primary N) is 1. The first-order chi connectivity index (χ1) is 10.2. The van der Waals surface area contributed by atoms with E-state index < -0.39 is 12.2 Å². The number of aliphatic hydroxyl groups is 2. The minimum Gasteiger partial charge on any atom is -1.00 e. The van der Waals surface area contributed by atoms with Crippen LogP contribution in [0.1, 0.15) is 36.7 Å². The number of nitrogens with zero attached hydrogens (tertiary/aromatic N) is 1. The molecule has 0 aliphatic heterocycles. The van der Waals surface area contributed by atoms with Crippen molar-refractivity contribution in [2.75, 3.05) is 6.54 Å². The monoisotopic (exact) mass is 322 g/mol. The van der Waals surface area contributed by atoms with Crippen molar-refractivity contribution in [2.24, 2.45) is 0 Å². The van der Waals surface area contributed by atoms with Gasteiger partial charge in [0.1, 0.15) is 12.1 Å². The second-order valence-electron chi connectivity index (χ2n) is 5.33. The van der Waals surface area contributed by atoms with Crippen molar-refractivity contribution in [1.29, 1.82) is 0 Å². The highest BCUT2D eigenvalue weighted by Gasteiger charge is 2.19. The molecule has 0 aliphatic rings. The van der Waals surface area contributed by atoms with Crippen LogP contribution < -0.4 is 17.7 Å². The molecule has 3 atom stereocenters. The molecule has 0 bridgehead atoms. The largest absolute Gasteiger partial charge is 1.00 e. The lowest BCUT2D eigenvalue weighted by Gasteiger charge is -2.18. The number of aromatic nitrogens is 1. The summed E-state index contributed by atoms with van der Waals surface area (Å²) < 4.78 is 0. The van der Waals surface area contributed by atoms with E-state index in [0.29, 0.717) is 6.42 Å². The number of quaternary nitrogens is 1. The van der Waals surface area contributed by atoms with Crippen molar-refractivity contribution in [3.63, 3.8) is 0 Å². The predicted octanol–water partition coefficient (Wildman–Crippen LogP) is -1.81. The maximum absolute atomic E-state index is 10.3. The smallest absolute Gasteiger partial charge is 0.130 e. The van der Waals surface area contributed by atoms with Crippen molar-refractivity contribution < 1.29 is 27.9 Å². The van der Waals surface area contributed by atoms with Crippen LogP contribution in [0, 0.1) is 0 Å². The SMILES string of the molecule is CC([NH2+]CCC(O)c1cccnc1)C(O)c1ccccc1.[Cl-]. The van der Waals surface area contributed by atoms with Crippen molar-refractivity contribution in [2.45, 2.75) is 31.6 Å². The maximum Gasteiger partial charge on any atom is 0.130 e. The summed E-state index contributed by atoms with van der Waals surface area (Å²) in [6.45, 7) is 2.75. The molecule has 1 heterocycles. The summed E-state index contributed by atoms with van der Waals surface area (Å²) in [4.78, 5) is 4.01. The number of aliphatic hydroxyl groups excluding tert-OH is 2.